The number of hydrogen-bond acceptors (Lipinski definition) is 5. The molecule has 2 N–H and O–H groups in total. The van der Waals surface area contributed by atoms with Crippen molar-refractivity contribution in [3.63, 3.8) is 0 Å². The first-order valence-corrected chi connectivity index (χ1v) is 9.97. The Hall–Kier alpha value is -2.28. The molecule has 0 fully saturated rings. The summed E-state index contributed by atoms with van der Waals surface area (Å²) in [5, 5.41) is 3.48. The summed E-state index contributed by atoms with van der Waals surface area (Å²) in [7, 11) is 1.32. The Morgan fingerprint density at radius 1 is 1.22 bits per heavy atom. The third-order valence-corrected chi connectivity index (χ3v) is 4.88. The number of aryl methyl sites for hydroxylation is 1. The second-order valence-electron chi connectivity index (χ2n) is 6.83. The van der Waals surface area contributed by atoms with E-state index in [4.69, 9.17) is 4.74 Å². The van der Waals surface area contributed by atoms with E-state index < -0.39 is 12.0 Å². The Bertz CT molecular complexity index is 759. The fourth-order valence-electron chi connectivity index (χ4n) is 2.68. The maximum absolute atomic E-state index is 12.3. The van der Waals surface area contributed by atoms with Gasteiger partial charge in [-0.3, -0.25) is 4.79 Å². The molecule has 0 saturated carbocycles. The van der Waals surface area contributed by atoms with Crippen LogP contribution in [0.3, 0.4) is 0 Å². The second-order valence-corrected chi connectivity index (χ2v) is 7.80. The highest BCUT2D eigenvalue weighted by molar-refractivity contribution is 7.99. The Balaban J connectivity index is 1.92. The molecule has 27 heavy (non-hydrogen) atoms. The number of aromatic amines is 1. The van der Waals surface area contributed by atoms with Crippen molar-refractivity contribution in [2.75, 3.05) is 12.9 Å². The molecule has 2 rings (SSSR count). The fraction of sp³-hybridized carbons (Fsp3) is 0.450. The number of methoxy groups -OCH3 is 1. The quantitative estimate of drug-likeness (QED) is 0.509. The molecule has 0 spiro atoms. The summed E-state index contributed by atoms with van der Waals surface area (Å²) in [5.74, 6) is 0.0131. The van der Waals surface area contributed by atoms with Gasteiger partial charge in [0.25, 0.3) is 0 Å². The van der Waals surface area contributed by atoms with Gasteiger partial charge < -0.3 is 15.0 Å². The monoisotopic (exact) mass is 389 g/mol. The zero-order valence-corrected chi connectivity index (χ0v) is 17.1. The van der Waals surface area contributed by atoms with Crippen molar-refractivity contribution >= 4 is 23.6 Å². The Kier molecular flexibility index (Phi) is 7.91. The number of benzene rings is 1. The maximum Gasteiger partial charge on any atom is 0.328 e. The third kappa shape index (κ3) is 6.75. The lowest BCUT2D eigenvalue weighted by Crippen LogP contribution is -2.43. The largest absolute Gasteiger partial charge is 0.467 e. The van der Waals surface area contributed by atoms with E-state index in [2.05, 4.69) is 29.1 Å². The van der Waals surface area contributed by atoms with Crippen LogP contribution in [0, 0.1) is 12.8 Å². The highest BCUT2D eigenvalue weighted by Crippen LogP contribution is 2.18. The molecule has 2 aromatic rings. The molecule has 1 aromatic carbocycles. The Morgan fingerprint density at radius 2 is 1.93 bits per heavy atom. The third-order valence-electron chi connectivity index (χ3n) is 4.01. The van der Waals surface area contributed by atoms with Crippen molar-refractivity contribution in [3.05, 3.63) is 47.3 Å². The van der Waals surface area contributed by atoms with Crippen LogP contribution in [0.25, 0.3) is 0 Å². The summed E-state index contributed by atoms with van der Waals surface area (Å²) in [4.78, 5) is 32.1. The lowest BCUT2D eigenvalue weighted by Gasteiger charge is -2.16. The van der Waals surface area contributed by atoms with Crippen LogP contribution in [-0.2, 0) is 27.2 Å². The Morgan fingerprint density at radius 3 is 2.56 bits per heavy atom. The summed E-state index contributed by atoms with van der Waals surface area (Å²) < 4.78 is 4.83. The molecule has 7 heteroatoms. The average Bonchev–Trinajstić information content (AvgIpc) is 2.98. The topological polar surface area (TPSA) is 84.1 Å². The van der Waals surface area contributed by atoms with E-state index in [1.54, 1.807) is 0 Å². The van der Waals surface area contributed by atoms with E-state index in [-0.39, 0.29) is 11.7 Å². The van der Waals surface area contributed by atoms with Gasteiger partial charge in [0.15, 0.2) is 5.16 Å². The number of imidazole rings is 1. The van der Waals surface area contributed by atoms with Crippen molar-refractivity contribution in [2.45, 2.75) is 44.8 Å². The minimum atomic E-state index is -0.708. The number of thioether (sulfide) groups is 1. The minimum absolute atomic E-state index is 0.177. The predicted molar refractivity (Wildman–Crippen MR) is 107 cm³/mol. The van der Waals surface area contributed by atoms with Gasteiger partial charge in [-0.15, -0.1) is 0 Å². The van der Waals surface area contributed by atoms with Gasteiger partial charge in [0.2, 0.25) is 5.91 Å². The van der Waals surface area contributed by atoms with Gasteiger partial charge in [-0.1, -0.05) is 55.9 Å². The number of H-pyrrole nitrogens is 1. The Labute approximate surface area is 164 Å². The number of rotatable bonds is 9. The van der Waals surface area contributed by atoms with Crippen LogP contribution in [0.4, 0.5) is 0 Å². The number of nitrogens with one attached hydrogen (secondary N) is 2. The van der Waals surface area contributed by atoms with E-state index in [0.717, 1.165) is 28.5 Å². The smallest absolute Gasteiger partial charge is 0.328 e. The summed E-state index contributed by atoms with van der Waals surface area (Å²) in [6.45, 7) is 6.28. The second kappa shape index (κ2) is 10.2. The SMILES string of the molecule is COC(=O)[C@H](Cc1ccccc1)NC(=O)CSc1nc(CC(C)C)c(C)[nH]1. The average molecular weight is 390 g/mol. The number of amides is 1. The van der Waals surface area contributed by atoms with E-state index in [0.29, 0.717) is 12.3 Å². The number of hydrogen-bond donors (Lipinski definition) is 2. The van der Waals surface area contributed by atoms with Gasteiger partial charge in [-0.2, -0.15) is 0 Å². The van der Waals surface area contributed by atoms with Crippen LogP contribution in [0.5, 0.6) is 0 Å². The molecule has 0 unspecified atom stereocenters. The highest BCUT2D eigenvalue weighted by atomic mass is 32.2. The van der Waals surface area contributed by atoms with Crippen molar-refractivity contribution in [2.24, 2.45) is 5.92 Å². The predicted octanol–water partition coefficient (Wildman–Crippen LogP) is 2.91. The van der Waals surface area contributed by atoms with Gasteiger partial charge in [-0.25, -0.2) is 9.78 Å². The van der Waals surface area contributed by atoms with Crippen LogP contribution in [-0.4, -0.2) is 40.7 Å². The molecule has 1 atom stereocenters. The molecule has 1 amide bonds. The molecule has 0 bridgehead atoms. The van der Waals surface area contributed by atoms with E-state index in [1.807, 2.05) is 37.3 Å². The molecular formula is C20H27N3O3S. The number of carbonyl (C=O) groups is 2. The van der Waals surface area contributed by atoms with Crippen LogP contribution in [0.15, 0.2) is 35.5 Å². The number of aromatic nitrogens is 2. The summed E-state index contributed by atoms with van der Waals surface area (Å²) in [5.41, 5.74) is 3.02. The summed E-state index contributed by atoms with van der Waals surface area (Å²) in [6, 6.07) is 8.83. The standard InChI is InChI=1S/C20H27N3O3S/c1-13(2)10-16-14(3)21-20(23-16)27-12-18(24)22-17(19(25)26-4)11-15-8-6-5-7-9-15/h5-9,13,17H,10-12H2,1-4H3,(H,21,23)(H,22,24)/t17-/m0/s1. The summed E-state index contributed by atoms with van der Waals surface area (Å²) in [6.07, 6.45) is 1.29. The molecule has 0 aliphatic carbocycles. The van der Waals surface area contributed by atoms with Gasteiger partial charge in [0, 0.05) is 12.1 Å². The van der Waals surface area contributed by atoms with E-state index >= 15 is 0 Å². The first kappa shape index (κ1) is 21.0. The van der Waals surface area contributed by atoms with E-state index in [9.17, 15) is 9.59 Å². The minimum Gasteiger partial charge on any atom is -0.467 e. The van der Waals surface area contributed by atoms with Crippen LogP contribution in [0.1, 0.15) is 30.8 Å². The van der Waals surface area contributed by atoms with Crippen molar-refractivity contribution in [1.82, 2.24) is 15.3 Å². The van der Waals surface area contributed by atoms with Gasteiger partial charge in [-0.05, 0) is 24.8 Å². The molecule has 0 saturated heterocycles. The summed E-state index contributed by atoms with van der Waals surface area (Å²) >= 11 is 1.33. The lowest BCUT2D eigenvalue weighted by molar-refractivity contribution is -0.144. The molecule has 1 aromatic heterocycles. The lowest BCUT2D eigenvalue weighted by atomic mass is 10.1. The molecular weight excluding hydrogens is 362 g/mol. The van der Waals surface area contributed by atoms with Gasteiger partial charge in [0.05, 0.1) is 18.6 Å². The number of nitrogens with zero attached hydrogens (tertiary/aromatic N) is 1. The molecule has 0 aliphatic heterocycles. The zero-order chi connectivity index (χ0) is 19.8. The van der Waals surface area contributed by atoms with Crippen LogP contribution in [0.2, 0.25) is 0 Å². The van der Waals surface area contributed by atoms with E-state index in [1.165, 1.54) is 18.9 Å². The van der Waals surface area contributed by atoms with Crippen LogP contribution >= 0.6 is 11.8 Å². The number of esters is 1. The zero-order valence-electron chi connectivity index (χ0n) is 16.2. The fourth-order valence-corrected chi connectivity index (χ4v) is 3.43. The molecule has 1 heterocycles. The van der Waals surface area contributed by atoms with Crippen molar-refractivity contribution in [1.29, 1.82) is 0 Å². The first-order valence-electron chi connectivity index (χ1n) is 8.98. The van der Waals surface area contributed by atoms with Gasteiger partial charge in [0.1, 0.15) is 6.04 Å². The maximum atomic E-state index is 12.3. The van der Waals surface area contributed by atoms with Crippen molar-refractivity contribution in [3.8, 4) is 0 Å². The highest BCUT2D eigenvalue weighted by Gasteiger charge is 2.22. The molecule has 0 aliphatic rings. The molecule has 0 radical (unpaired) electrons. The number of ether oxygens (including phenoxy) is 1. The molecule has 6 nitrogen and oxygen atoms in total. The number of carbonyl (C=O) groups excluding carboxylic acids is 2. The first-order chi connectivity index (χ1) is 12.9. The molecule has 146 valence electrons. The van der Waals surface area contributed by atoms with Crippen LogP contribution < -0.4 is 5.32 Å². The van der Waals surface area contributed by atoms with Crippen molar-refractivity contribution < 1.29 is 14.3 Å². The normalized spacial score (nSPS) is 12.0. The van der Waals surface area contributed by atoms with Gasteiger partial charge >= 0.3 is 5.97 Å².